The number of fused-ring (bicyclic) bond motifs is 1. The summed E-state index contributed by atoms with van der Waals surface area (Å²) in [5, 5.41) is 10.7. The molecule has 4 nitrogen and oxygen atoms in total. The Bertz CT molecular complexity index is 600. The van der Waals surface area contributed by atoms with Crippen molar-refractivity contribution in [3.63, 3.8) is 0 Å². The molecule has 1 aliphatic carbocycles. The first-order valence-electron chi connectivity index (χ1n) is 7.59. The maximum atomic E-state index is 12.4. The van der Waals surface area contributed by atoms with E-state index in [0.717, 1.165) is 18.4 Å². The van der Waals surface area contributed by atoms with E-state index in [2.05, 4.69) is 6.92 Å². The maximum Gasteiger partial charge on any atom is 0.261 e. The standard InChI is InChI=1S/C17H21NO3/c1-11-5-7-17(21,8-6-11)10-18-15(19)13-4-3-12(2)9-14(13)16(18)20/h3-4,9,11,21H,5-8,10H2,1-2H3. The summed E-state index contributed by atoms with van der Waals surface area (Å²) in [5.41, 5.74) is 0.961. The van der Waals surface area contributed by atoms with Crippen LogP contribution in [0.5, 0.6) is 0 Å². The van der Waals surface area contributed by atoms with Crippen LogP contribution >= 0.6 is 0 Å². The molecule has 21 heavy (non-hydrogen) atoms. The van der Waals surface area contributed by atoms with Gasteiger partial charge in [-0.2, -0.15) is 0 Å². The van der Waals surface area contributed by atoms with Crippen LogP contribution in [0.4, 0.5) is 0 Å². The van der Waals surface area contributed by atoms with Gasteiger partial charge in [-0.15, -0.1) is 0 Å². The Hall–Kier alpha value is -1.68. The van der Waals surface area contributed by atoms with Gasteiger partial charge in [-0.1, -0.05) is 18.6 Å². The van der Waals surface area contributed by atoms with Crippen molar-refractivity contribution in [3.05, 3.63) is 34.9 Å². The highest BCUT2D eigenvalue weighted by Crippen LogP contribution is 2.34. The van der Waals surface area contributed by atoms with Gasteiger partial charge in [0.1, 0.15) is 0 Å². The van der Waals surface area contributed by atoms with Gasteiger partial charge in [-0.25, -0.2) is 0 Å². The topological polar surface area (TPSA) is 57.6 Å². The lowest BCUT2D eigenvalue weighted by Gasteiger charge is -2.37. The molecule has 1 aromatic rings. The lowest BCUT2D eigenvalue weighted by Crippen LogP contribution is -2.47. The number of amides is 2. The molecule has 3 rings (SSSR count). The second kappa shape index (κ2) is 4.95. The van der Waals surface area contributed by atoms with Gasteiger partial charge >= 0.3 is 0 Å². The summed E-state index contributed by atoms with van der Waals surface area (Å²) in [5.74, 6) is 0.0582. The first-order valence-corrected chi connectivity index (χ1v) is 7.59. The Morgan fingerprint density at radius 2 is 1.81 bits per heavy atom. The Morgan fingerprint density at radius 3 is 2.48 bits per heavy atom. The minimum atomic E-state index is -0.922. The van der Waals surface area contributed by atoms with E-state index in [1.54, 1.807) is 12.1 Å². The van der Waals surface area contributed by atoms with Gasteiger partial charge in [-0.05, 0) is 50.7 Å². The van der Waals surface area contributed by atoms with Crippen LogP contribution in [0.25, 0.3) is 0 Å². The minimum absolute atomic E-state index is 0.116. The molecule has 0 aromatic heterocycles. The molecule has 0 unspecified atom stereocenters. The highest BCUT2D eigenvalue weighted by atomic mass is 16.3. The normalized spacial score (nSPS) is 28.9. The molecule has 0 saturated heterocycles. The predicted molar refractivity (Wildman–Crippen MR) is 79.1 cm³/mol. The summed E-state index contributed by atoms with van der Waals surface area (Å²) in [4.78, 5) is 26.0. The van der Waals surface area contributed by atoms with Gasteiger partial charge in [-0.3, -0.25) is 14.5 Å². The molecule has 1 fully saturated rings. The zero-order chi connectivity index (χ0) is 15.2. The molecule has 1 N–H and O–H groups in total. The molecular formula is C17H21NO3. The van der Waals surface area contributed by atoms with Gasteiger partial charge < -0.3 is 5.11 Å². The van der Waals surface area contributed by atoms with Crippen molar-refractivity contribution in [2.45, 2.75) is 45.1 Å². The van der Waals surface area contributed by atoms with Crippen molar-refractivity contribution in [1.29, 1.82) is 0 Å². The lowest BCUT2D eigenvalue weighted by molar-refractivity contribution is -0.0261. The smallest absolute Gasteiger partial charge is 0.261 e. The van der Waals surface area contributed by atoms with Gasteiger partial charge in [0.25, 0.3) is 11.8 Å². The van der Waals surface area contributed by atoms with Crippen molar-refractivity contribution in [2.24, 2.45) is 5.92 Å². The van der Waals surface area contributed by atoms with Crippen LogP contribution in [0.2, 0.25) is 0 Å². The molecule has 1 saturated carbocycles. The largest absolute Gasteiger partial charge is 0.388 e. The number of aliphatic hydroxyl groups is 1. The third-order valence-electron chi connectivity index (χ3n) is 4.78. The van der Waals surface area contributed by atoms with E-state index >= 15 is 0 Å². The molecule has 0 bridgehead atoms. The first-order chi connectivity index (χ1) is 9.89. The second-order valence-corrected chi connectivity index (χ2v) is 6.65. The van der Waals surface area contributed by atoms with Crippen LogP contribution in [0.3, 0.4) is 0 Å². The molecule has 112 valence electrons. The highest BCUT2D eigenvalue weighted by Gasteiger charge is 2.42. The van der Waals surface area contributed by atoms with Gasteiger partial charge in [0.05, 0.1) is 23.3 Å². The van der Waals surface area contributed by atoms with Crippen LogP contribution in [-0.2, 0) is 0 Å². The predicted octanol–water partition coefficient (Wildman–Crippen LogP) is 2.53. The molecule has 0 spiro atoms. The zero-order valence-electron chi connectivity index (χ0n) is 12.6. The van der Waals surface area contributed by atoms with Gasteiger partial charge in [0.15, 0.2) is 0 Å². The number of β-amino-alcohol motifs (C(OH)–C–C–N with tert-alkyl or cyclic N) is 1. The Labute approximate surface area is 124 Å². The number of carbonyl (C=O) groups is 2. The fourth-order valence-corrected chi connectivity index (χ4v) is 3.30. The quantitative estimate of drug-likeness (QED) is 0.850. The van der Waals surface area contributed by atoms with E-state index in [4.69, 9.17) is 0 Å². The average molecular weight is 287 g/mol. The zero-order valence-corrected chi connectivity index (χ0v) is 12.6. The van der Waals surface area contributed by atoms with E-state index in [-0.39, 0.29) is 18.4 Å². The molecule has 4 heteroatoms. The monoisotopic (exact) mass is 287 g/mol. The molecule has 2 amide bonds. The summed E-state index contributed by atoms with van der Waals surface area (Å²) in [6.45, 7) is 4.19. The van der Waals surface area contributed by atoms with Gasteiger partial charge in [0.2, 0.25) is 0 Å². The van der Waals surface area contributed by atoms with Crippen molar-refractivity contribution in [1.82, 2.24) is 4.90 Å². The lowest BCUT2D eigenvalue weighted by atomic mass is 9.79. The van der Waals surface area contributed by atoms with E-state index in [1.165, 1.54) is 4.90 Å². The third kappa shape index (κ3) is 2.48. The Kier molecular flexibility index (Phi) is 3.36. The second-order valence-electron chi connectivity index (χ2n) is 6.65. The van der Waals surface area contributed by atoms with Crippen molar-refractivity contribution < 1.29 is 14.7 Å². The number of aryl methyl sites for hydroxylation is 1. The molecule has 1 heterocycles. The highest BCUT2D eigenvalue weighted by molar-refractivity contribution is 6.21. The molecule has 1 aliphatic heterocycles. The van der Waals surface area contributed by atoms with E-state index in [1.807, 2.05) is 13.0 Å². The number of carbonyl (C=O) groups excluding carboxylic acids is 2. The SMILES string of the molecule is Cc1ccc2c(c1)C(=O)N(CC1(O)CCC(C)CC1)C2=O. The Morgan fingerprint density at radius 1 is 1.19 bits per heavy atom. The summed E-state index contributed by atoms with van der Waals surface area (Å²) in [7, 11) is 0. The number of nitrogens with zero attached hydrogens (tertiary/aromatic N) is 1. The summed E-state index contributed by atoms with van der Waals surface area (Å²) < 4.78 is 0. The third-order valence-corrected chi connectivity index (χ3v) is 4.78. The van der Waals surface area contributed by atoms with E-state index < -0.39 is 5.60 Å². The summed E-state index contributed by atoms with van der Waals surface area (Å²) >= 11 is 0. The first kappa shape index (κ1) is 14.3. The molecular weight excluding hydrogens is 266 g/mol. The van der Waals surface area contributed by atoms with Gasteiger partial charge in [0, 0.05) is 0 Å². The van der Waals surface area contributed by atoms with Crippen LogP contribution in [0.1, 0.15) is 58.9 Å². The number of benzene rings is 1. The number of imide groups is 1. The minimum Gasteiger partial charge on any atom is -0.388 e. The van der Waals surface area contributed by atoms with Crippen LogP contribution in [0.15, 0.2) is 18.2 Å². The molecule has 1 aromatic carbocycles. The van der Waals surface area contributed by atoms with Crippen LogP contribution < -0.4 is 0 Å². The number of rotatable bonds is 2. The van der Waals surface area contributed by atoms with E-state index in [0.29, 0.717) is 29.9 Å². The summed E-state index contributed by atoms with van der Waals surface area (Å²) in [6.07, 6.45) is 3.19. The number of hydrogen-bond donors (Lipinski definition) is 1. The summed E-state index contributed by atoms with van der Waals surface area (Å²) in [6, 6.07) is 5.30. The average Bonchev–Trinajstić information content (AvgIpc) is 2.67. The van der Waals surface area contributed by atoms with Crippen molar-refractivity contribution >= 4 is 11.8 Å². The fourth-order valence-electron chi connectivity index (χ4n) is 3.30. The maximum absolute atomic E-state index is 12.4. The Balaban J connectivity index is 1.82. The fraction of sp³-hybridized carbons (Fsp3) is 0.529. The van der Waals surface area contributed by atoms with Crippen molar-refractivity contribution in [3.8, 4) is 0 Å². The number of hydrogen-bond acceptors (Lipinski definition) is 3. The molecule has 2 aliphatic rings. The van der Waals surface area contributed by atoms with Crippen LogP contribution in [0, 0.1) is 12.8 Å². The van der Waals surface area contributed by atoms with E-state index in [9.17, 15) is 14.7 Å². The molecule has 0 atom stereocenters. The molecule has 0 radical (unpaired) electrons. The van der Waals surface area contributed by atoms with Crippen LogP contribution in [-0.4, -0.2) is 34.0 Å². The van der Waals surface area contributed by atoms with Crippen molar-refractivity contribution in [2.75, 3.05) is 6.54 Å².